The van der Waals surface area contributed by atoms with Gasteiger partial charge >= 0.3 is 6.03 Å². The summed E-state index contributed by atoms with van der Waals surface area (Å²) in [5.41, 5.74) is 0.994. The second-order valence-corrected chi connectivity index (χ2v) is 6.56. The van der Waals surface area contributed by atoms with Crippen molar-refractivity contribution in [1.82, 2.24) is 15.1 Å². The number of carbonyl (C=O) groups is 2. The number of hydrogen-bond donors (Lipinski definition) is 1. The molecule has 2 aliphatic heterocycles. The van der Waals surface area contributed by atoms with Crippen molar-refractivity contribution in [2.45, 2.75) is 32.4 Å². The first-order chi connectivity index (χ1) is 12.0. The number of likely N-dealkylation sites (tertiary alicyclic amines) is 1. The molecule has 25 heavy (non-hydrogen) atoms. The van der Waals surface area contributed by atoms with E-state index in [4.69, 9.17) is 9.47 Å². The molecule has 7 heteroatoms. The molecule has 0 aliphatic carbocycles. The van der Waals surface area contributed by atoms with Crippen molar-refractivity contribution in [2.75, 3.05) is 33.4 Å². The third-order valence-electron chi connectivity index (χ3n) is 4.64. The van der Waals surface area contributed by atoms with Crippen LogP contribution in [0.25, 0.3) is 0 Å². The number of ether oxygens (including phenoxy) is 2. The van der Waals surface area contributed by atoms with E-state index < -0.39 is 0 Å². The molecule has 0 bridgehead atoms. The summed E-state index contributed by atoms with van der Waals surface area (Å²) in [5, 5.41) is 3.05. The predicted molar refractivity (Wildman–Crippen MR) is 92.7 cm³/mol. The molecule has 1 aromatic carbocycles. The van der Waals surface area contributed by atoms with Gasteiger partial charge in [0, 0.05) is 39.6 Å². The zero-order valence-electron chi connectivity index (χ0n) is 14.8. The lowest BCUT2D eigenvalue weighted by Gasteiger charge is -2.32. The lowest BCUT2D eigenvalue weighted by atomic mass is 10.1. The van der Waals surface area contributed by atoms with Crippen LogP contribution in [0.15, 0.2) is 18.2 Å². The Bertz CT molecular complexity index is 641. The third-order valence-corrected chi connectivity index (χ3v) is 4.64. The number of fused-ring (bicyclic) bond motifs is 1. The van der Waals surface area contributed by atoms with Gasteiger partial charge < -0.3 is 24.6 Å². The van der Waals surface area contributed by atoms with Crippen LogP contribution in [0.1, 0.15) is 25.3 Å². The average molecular weight is 347 g/mol. The van der Waals surface area contributed by atoms with E-state index >= 15 is 0 Å². The Kier molecular flexibility index (Phi) is 5.31. The SMILES string of the molecule is CC(=O)N1CCC(NC(=O)N(C)Cc2ccc3c(c2)OCCO3)CC1. The number of nitrogens with one attached hydrogen (secondary N) is 1. The molecular weight excluding hydrogens is 322 g/mol. The molecule has 1 aromatic rings. The number of carbonyl (C=O) groups excluding carboxylic acids is 2. The molecule has 2 aliphatic rings. The molecule has 1 saturated heterocycles. The maximum absolute atomic E-state index is 12.4. The van der Waals surface area contributed by atoms with Gasteiger partial charge in [0.05, 0.1) is 0 Å². The van der Waals surface area contributed by atoms with Gasteiger partial charge in [0.1, 0.15) is 13.2 Å². The number of urea groups is 1. The monoisotopic (exact) mass is 347 g/mol. The highest BCUT2D eigenvalue weighted by molar-refractivity contribution is 5.75. The Morgan fingerprint density at radius 3 is 2.56 bits per heavy atom. The minimum Gasteiger partial charge on any atom is -0.486 e. The number of piperidine rings is 1. The van der Waals surface area contributed by atoms with Crippen molar-refractivity contribution in [3.8, 4) is 11.5 Å². The van der Waals surface area contributed by atoms with Crippen molar-refractivity contribution in [3.05, 3.63) is 23.8 Å². The Hall–Kier alpha value is -2.44. The largest absolute Gasteiger partial charge is 0.486 e. The zero-order valence-corrected chi connectivity index (χ0v) is 14.8. The van der Waals surface area contributed by atoms with E-state index in [1.807, 2.05) is 23.1 Å². The normalized spacial score (nSPS) is 17.1. The Labute approximate surface area is 147 Å². The van der Waals surface area contributed by atoms with E-state index in [9.17, 15) is 9.59 Å². The van der Waals surface area contributed by atoms with Gasteiger partial charge in [-0.2, -0.15) is 0 Å². The molecule has 0 spiro atoms. The standard InChI is InChI=1S/C18H25N3O4/c1-13(22)21-7-5-15(6-8-21)19-18(23)20(2)12-14-3-4-16-17(11-14)25-10-9-24-16/h3-4,11,15H,5-10,12H2,1-2H3,(H,19,23). The van der Waals surface area contributed by atoms with Crippen LogP contribution in [0.4, 0.5) is 4.79 Å². The lowest BCUT2D eigenvalue weighted by molar-refractivity contribution is -0.129. The van der Waals surface area contributed by atoms with E-state index in [0.29, 0.717) is 32.8 Å². The maximum atomic E-state index is 12.4. The number of benzene rings is 1. The van der Waals surface area contributed by atoms with Gasteiger partial charge in [0.15, 0.2) is 11.5 Å². The van der Waals surface area contributed by atoms with Crippen molar-refractivity contribution < 1.29 is 19.1 Å². The van der Waals surface area contributed by atoms with Crippen molar-refractivity contribution >= 4 is 11.9 Å². The van der Waals surface area contributed by atoms with E-state index in [2.05, 4.69) is 5.32 Å². The summed E-state index contributed by atoms with van der Waals surface area (Å²) in [6.07, 6.45) is 1.59. The molecule has 1 fully saturated rings. The zero-order chi connectivity index (χ0) is 17.8. The fourth-order valence-corrected chi connectivity index (χ4v) is 3.16. The molecule has 3 rings (SSSR count). The first-order valence-electron chi connectivity index (χ1n) is 8.68. The van der Waals surface area contributed by atoms with Gasteiger partial charge in [-0.05, 0) is 30.5 Å². The molecule has 0 saturated carbocycles. The van der Waals surface area contributed by atoms with E-state index in [1.54, 1.807) is 18.9 Å². The second kappa shape index (κ2) is 7.63. The van der Waals surface area contributed by atoms with Crippen molar-refractivity contribution in [3.63, 3.8) is 0 Å². The predicted octanol–water partition coefficient (Wildman–Crippen LogP) is 1.61. The van der Waals surface area contributed by atoms with Crippen LogP contribution in [0.2, 0.25) is 0 Å². The fourth-order valence-electron chi connectivity index (χ4n) is 3.16. The summed E-state index contributed by atoms with van der Waals surface area (Å²) in [6, 6.07) is 5.77. The van der Waals surface area contributed by atoms with Gasteiger partial charge in [0.25, 0.3) is 0 Å². The van der Waals surface area contributed by atoms with Crippen LogP contribution in [-0.4, -0.2) is 61.1 Å². The molecule has 0 aromatic heterocycles. The molecule has 0 radical (unpaired) electrons. The minimum absolute atomic E-state index is 0.0977. The molecule has 7 nitrogen and oxygen atoms in total. The van der Waals surface area contributed by atoms with E-state index in [0.717, 1.165) is 29.9 Å². The van der Waals surface area contributed by atoms with Gasteiger partial charge in [-0.25, -0.2) is 4.79 Å². The highest BCUT2D eigenvalue weighted by Gasteiger charge is 2.23. The van der Waals surface area contributed by atoms with Gasteiger partial charge in [-0.15, -0.1) is 0 Å². The van der Waals surface area contributed by atoms with Crippen LogP contribution >= 0.6 is 0 Å². The Morgan fingerprint density at radius 2 is 1.88 bits per heavy atom. The summed E-state index contributed by atoms with van der Waals surface area (Å²) >= 11 is 0. The topological polar surface area (TPSA) is 71.1 Å². The van der Waals surface area contributed by atoms with Gasteiger partial charge in [-0.1, -0.05) is 6.07 Å². The first kappa shape index (κ1) is 17.4. The maximum Gasteiger partial charge on any atom is 0.317 e. The smallest absolute Gasteiger partial charge is 0.317 e. The molecule has 0 atom stereocenters. The summed E-state index contributed by atoms with van der Waals surface area (Å²) in [7, 11) is 1.77. The highest BCUT2D eigenvalue weighted by Crippen LogP contribution is 2.31. The molecule has 136 valence electrons. The van der Waals surface area contributed by atoms with Crippen molar-refractivity contribution in [1.29, 1.82) is 0 Å². The molecule has 0 unspecified atom stereocenters. The average Bonchev–Trinajstić information content (AvgIpc) is 2.62. The third kappa shape index (κ3) is 4.35. The van der Waals surface area contributed by atoms with E-state index in [-0.39, 0.29) is 18.0 Å². The fraction of sp³-hybridized carbons (Fsp3) is 0.556. The quantitative estimate of drug-likeness (QED) is 0.902. The Balaban J connectivity index is 1.50. The first-order valence-corrected chi connectivity index (χ1v) is 8.68. The summed E-state index contributed by atoms with van der Waals surface area (Å²) in [4.78, 5) is 27.2. The molecular formula is C18H25N3O4. The lowest BCUT2D eigenvalue weighted by Crippen LogP contribution is -2.49. The summed E-state index contributed by atoms with van der Waals surface area (Å²) in [5.74, 6) is 1.58. The molecule has 3 amide bonds. The van der Waals surface area contributed by atoms with E-state index in [1.165, 1.54) is 0 Å². The molecule has 1 N–H and O–H groups in total. The number of nitrogens with zero attached hydrogens (tertiary/aromatic N) is 2. The minimum atomic E-state index is -0.101. The van der Waals surface area contributed by atoms with Gasteiger partial charge in [0.2, 0.25) is 5.91 Å². The van der Waals surface area contributed by atoms with Crippen molar-refractivity contribution in [2.24, 2.45) is 0 Å². The highest BCUT2D eigenvalue weighted by atomic mass is 16.6. The van der Waals surface area contributed by atoms with Crippen LogP contribution < -0.4 is 14.8 Å². The Morgan fingerprint density at radius 1 is 1.20 bits per heavy atom. The number of hydrogen-bond acceptors (Lipinski definition) is 4. The number of rotatable bonds is 3. The van der Waals surface area contributed by atoms with Crippen LogP contribution in [-0.2, 0) is 11.3 Å². The summed E-state index contributed by atoms with van der Waals surface area (Å²) < 4.78 is 11.1. The summed E-state index contributed by atoms with van der Waals surface area (Å²) in [6.45, 7) is 4.59. The van der Waals surface area contributed by atoms with Crippen LogP contribution in [0, 0.1) is 0 Å². The van der Waals surface area contributed by atoms with Crippen LogP contribution in [0.5, 0.6) is 11.5 Å². The number of amides is 3. The molecule has 2 heterocycles. The van der Waals surface area contributed by atoms with Gasteiger partial charge in [-0.3, -0.25) is 4.79 Å². The second-order valence-electron chi connectivity index (χ2n) is 6.56. The van der Waals surface area contributed by atoms with Crippen LogP contribution in [0.3, 0.4) is 0 Å².